The Balaban J connectivity index is 1.91. The summed E-state index contributed by atoms with van der Waals surface area (Å²) >= 11 is 3.47. The largest absolute Gasteiger partial charge is 0.490 e. The van der Waals surface area contributed by atoms with E-state index in [-0.39, 0.29) is 6.61 Å². The molecule has 0 atom stereocenters. The second-order valence-corrected chi connectivity index (χ2v) is 4.85. The molecule has 1 aromatic rings. The zero-order chi connectivity index (χ0) is 11.4. The highest BCUT2D eigenvalue weighted by molar-refractivity contribution is 9.10. The smallest absolute Gasteiger partial charge is 0.133 e. The Morgan fingerprint density at radius 1 is 1.44 bits per heavy atom. The first-order valence-corrected chi connectivity index (χ1v) is 6.34. The molecule has 0 spiro atoms. The van der Waals surface area contributed by atoms with E-state index in [9.17, 15) is 0 Å². The van der Waals surface area contributed by atoms with Gasteiger partial charge in [0.25, 0.3) is 0 Å². The lowest BCUT2D eigenvalue weighted by Gasteiger charge is -2.09. The maximum Gasteiger partial charge on any atom is 0.133 e. The van der Waals surface area contributed by atoms with Crippen LogP contribution in [-0.2, 0) is 6.54 Å². The summed E-state index contributed by atoms with van der Waals surface area (Å²) in [6.07, 6.45) is 2.61. The van der Waals surface area contributed by atoms with Crippen molar-refractivity contribution in [2.45, 2.75) is 25.4 Å². The Hall–Kier alpha value is -0.580. The van der Waals surface area contributed by atoms with E-state index in [1.54, 1.807) is 0 Å². The van der Waals surface area contributed by atoms with E-state index in [0.717, 1.165) is 22.8 Å². The van der Waals surface area contributed by atoms with Crippen molar-refractivity contribution in [3.05, 3.63) is 28.2 Å². The number of halogens is 1. The Morgan fingerprint density at radius 3 is 2.88 bits per heavy atom. The van der Waals surface area contributed by atoms with Gasteiger partial charge >= 0.3 is 0 Å². The molecular formula is C12H16BrNO2. The van der Waals surface area contributed by atoms with Gasteiger partial charge in [-0.05, 0) is 46.5 Å². The average molecular weight is 286 g/mol. The topological polar surface area (TPSA) is 41.5 Å². The van der Waals surface area contributed by atoms with Gasteiger partial charge in [-0.2, -0.15) is 0 Å². The van der Waals surface area contributed by atoms with Crippen LogP contribution in [0.25, 0.3) is 0 Å². The van der Waals surface area contributed by atoms with Crippen LogP contribution in [0.5, 0.6) is 5.75 Å². The van der Waals surface area contributed by atoms with Gasteiger partial charge in [-0.3, -0.25) is 0 Å². The fraction of sp³-hybridized carbons (Fsp3) is 0.500. The molecule has 1 aromatic carbocycles. The number of nitrogens with one attached hydrogen (secondary N) is 1. The van der Waals surface area contributed by atoms with Crippen molar-refractivity contribution in [3.63, 3.8) is 0 Å². The molecule has 1 fully saturated rings. The third kappa shape index (κ3) is 3.47. The number of ether oxygens (including phenoxy) is 1. The number of hydrogen-bond donors (Lipinski definition) is 2. The Morgan fingerprint density at radius 2 is 2.25 bits per heavy atom. The fourth-order valence-corrected chi connectivity index (χ4v) is 2.02. The molecule has 2 N–H and O–H groups in total. The van der Waals surface area contributed by atoms with Crippen LogP contribution < -0.4 is 10.1 Å². The van der Waals surface area contributed by atoms with Crippen molar-refractivity contribution in [1.82, 2.24) is 5.32 Å². The van der Waals surface area contributed by atoms with E-state index < -0.39 is 0 Å². The third-order valence-corrected chi connectivity index (χ3v) is 3.14. The number of aliphatic hydroxyl groups excluding tert-OH is 1. The minimum absolute atomic E-state index is 0.0391. The van der Waals surface area contributed by atoms with Crippen molar-refractivity contribution < 1.29 is 9.84 Å². The van der Waals surface area contributed by atoms with Crippen molar-refractivity contribution in [1.29, 1.82) is 0 Å². The second kappa shape index (κ2) is 5.66. The highest BCUT2D eigenvalue weighted by Crippen LogP contribution is 2.26. The van der Waals surface area contributed by atoms with E-state index in [2.05, 4.69) is 27.3 Å². The molecule has 0 aromatic heterocycles. The monoisotopic (exact) mass is 285 g/mol. The summed E-state index contributed by atoms with van der Waals surface area (Å²) in [6, 6.07) is 6.77. The molecule has 2 rings (SSSR count). The van der Waals surface area contributed by atoms with Crippen LogP contribution in [0.1, 0.15) is 18.4 Å². The number of rotatable bonds is 6. The van der Waals surface area contributed by atoms with Gasteiger partial charge in [-0.15, -0.1) is 0 Å². The van der Waals surface area contributed by atoms with Crippen LogP contribution in [0, 0.1) is 0 Å². The van der Waals surface area contributed by atoms with E-state index in [4.69, 9.17) is 9.84 Å². The maximum atomic E-state index is 8.67. The summed E-state index contributed by atoms with van der Waals surface area (Å²) < 4.78 is 6.30. The molecule has 1 aliphatic rings. The van der Waals surface area contributed by atoms with Gasteiger partial charge in [-0.1, -0.05) is 6.07 Å². The molecule has 1 aliphatic carbocycles. The highest BCUT2D eigenvalue weighted by Gasteiger charge is 2.19. The summed E-state index contributed by atoms with van der Waals surface area (Å²) in [5, 5.41) is 12.1. The lowest BCUT2D eigenvalue weighted by molar-refractivity contribution is 0.200. The van der Waals surface area contributed by atoms with Crippen LogP contribution in [0.2, 0.25) is 0 Å². The zero-order valence-electron chi connectivity index (χ0n) is 9.08. The molecule has 16 heavy (non-hydrogen) atoms. The van der Waals surface area contributed by atoms with Gasteiger partial charge in [0.15, 0.2) is 0 Å². The zero-order valence-corrected chi connectivity index (χ0v) is 10.7. The van der Waals surface area contributed by atoms with Gasteiger partial charge in [0, 0.05) is 12.6 Å². The molecule has 3 nitrogen and oxygen atoms in total. The molecule has 0 bridgehead atoms. The van der Waals surface area contributed by atoms with Crippen molar-refractivity contribution in [2.75, 3.05) is 13.2 Å². The molecular weight excluding hydrogens is 270 g/mol. The number of aliphatic hydroxyl groups is 1. The molecule has 0 radical (unpaired) electrons. The predicted molar refractivity (Wildman–Crippen MR) is 66.6 cm³/mol. The minimum atomic E-state index is 0.0391. The second-order valence-electron chi connectivity index (χ2n) is 3.99. The van der Waals surface area contributed by atoms with Crippen molar-refractivity contribution in [2.24, 2.45) is 0 Å². The fourth-order valence-electron chi connectivity index (χ4n) is 1.48. The molecule has 4 heteroatoms. The molecule has 1 saturated carbocycles. The summed E-state index contributed by atoms with van der Waals surface area (Å²) in [5.41, 5.74) is 1.25. The summed E-state index contributed by atoms with van der Waals surface area (Å²) in [7, 11) is 0. The Labute approximate surface area is 104 Å². The van der Waals surface area contributed by atoms with Crippen molar-refractivity contribution in [3.8, 4) is 5.75 Å². The van der Waals surface area contributed by atoms with Crippen LogP contribution >= 0.6 is 15.9 Å². The quantitative estimate of drug-likeness (QED) is 0.841. The van der Waals surface area contributed by atoms with E-state index in [0.29, 0.717) is 6.61 Å². The van der Waals surface area contributed by atoms with Crippen LogP contribution in [0.3, 0.4) is 0 Å². The third-order valence-electron chi connectivity index (χ3n) is 2.52. The SMILES string of the molecule is OCCOc1ccc(CNC2CC2)cc1Br. The van der Waals surface area contributed by atoms with E-state index in [1.165, 1.54) is 18.4 Å². The molecule has 88 valence electrons. The number of benzene rings is 1. The first-order valence-electron chi connectivity index (χ1n) is 5.55. The molecule has 0 aliphatic heterocycles. The normalized spacial score (nSPS) is 15.1. The molecule has 0 heterocycles. The Kier molecular flexibility index (Phi) is 4.21. The predicted octanol–water partition coefficient (Wildman–Crippen LogP) is 2.07. The highest BCUT2D eigenvalue weighted by atomic mass is 79.9. The maximum absolute atomic E-state index is 8.67. The van der Waals surface area contributed by atoms with Gasteiger partial charge < -0.3 is 15.2 Å². The van der Waals surface area contributed by atoms with Crippen LogP contribution in [-0.4, -0.2) is 24.4 Å². The average Bonchev–Trinajstić information content (AvgIpc) is 3.09. The first-order chi connectivity index (χ1) is 7.79. The van der Waals surface area contributed by atoms with Crippen LogP contribution in [0.15, 0.2) is 22.7 Å². The summed E-state index contributed by atoms with van der Waals surface area (Å²) in [5.74, 6) is 0.782. The first kappa shape index (κ1) is 11.9. The van der Waals surface area contributed by atoms with E-state index >= 15 is 0 Å². The van der Waals surface area contributed by atoms with Gasteiger partial charge in [0.05, 0.1) is 11.1 Å². The van der Waals surface area contributed by atoms with Gasteiger partial charge in [0.1, 0.15) is 12.4 Å². The number of hydrogen-bond acceptors (Lipinski definition) is 3. The van der Waals surface area contributed by atoms with E-state index in [1.807, 2.05) is 12.1 Å². The molecule has 0 amide bonds. The van der Waals surface area contributed by atoms with Gasteiger partial charge in [-0.25, -0.2) is 0 Å². The van der Waals surface area contributed by atoms with Crippen LogP contribution in [0.4, 0.5) is 0 Å². The molecule has 0 saturated heterocycles. The Bertz CT molecular complexity index is 353. The molecule has 0 unspecified atom stereocenters. The minimum Gasteiger partial charge on any atom is -0.490 e. The lowest BCUT2D eigenvalue weighted by Crippen LogP contribution is -2.15. The summed E-state index contributed by atoms with van der Waals surface area (Å²) in [6.45, 7) is 1.28. The summed E-state index contributed by atoms with van der Waals surface area (Å²) in [4.78, 5) is 0. The standard InChI is InChI=1S/C12H16BrNO2/c13-11-7-9(8-14-10-2-3-10)1-4-12(11)16-6-5-15/h1,4,7,10,14-15H,2-3,5-6,8H2. The van der Waals surface area contributed by atoms with Crippen molar-refractivity contribution >= 4 is 15.9 Å². The lowest BCUT2D eigenvalue weighted by atomic mass is 10.2. The van der Waals surface area contributed by atoms with Gasteiger partial charge in [0.2, 0.25) is 0 Å².